The maximum atomic E-state index is 5.80. The fourth-order valence-electron chi connectivity index (χ4n) is 0.628. The summed E-state index contributed by atoms with van der Waals surface area (Å²) in [6.45, 7) is 1.91. The highest BCUT2D eigenvalue weighted by Gasteiger charge is 2.02. The first-order chi connectivity index (χ1) is 4.63. The fraction of sp³-hybridized carbons (Fsp3) is 0.143. The van der Waals surface area contributed by atoms with E-state index in [9.17, 15) is 0 Å². The minimum Gasteiger partial charge on any atom is -0.0840 e. The molecule has 10 heavy (non-hydrogen) atoms. The summed E-state index contributed by atoms with van der Waals surface area (Å²) in [5.41, 5.74) is 0.981. The van der Waals surface area contributed by atoms with E-state index in [1.807, 2.05) is 6.92 Å². The van der Waals surface area contributed by atoms with Crippen LogP contribution in [0.25, 0.3) is 0 Å². The topological polar surface area (TPSA) is 0 Å². The molecule has 0 saturated heterocycles. The molecule has 0 aliphatic rings. The van der Waals surface area contributed by atoms with Crippen LogP contribution in [-0.4, -0.2) is 0 Å². The van der Waals surface area contributed by atoms with E-state index in [0.717, 1.165) is 15.1 Å². The highest BCUT2D eigenvalue weighted by molar-refractivity contribution is 9.10. The molecule has 0 bridgehead atoms. The van der Waals surface area contributed by atoms with Crippen molar-refractivity contribution >= 4 is 39.1 Å². The largest absolute Gasteiger partial charge is 0.0840 e. The van der Waals surface area contributed by atoms with E-state index in [2.05, 4.69) is 15.9 Å². The molecule has 0 heterocycles. The van der Waals surface area contributed by atoms with Crippen LogP contribution in [0.15, 0.2) is 16.6 Å². The Morgan fingerprint density at radius 1 is 1.20 bits per heavy atom. The standard InChI is InChI=1S/C7H5BrCl2/c1-4-5(9)2-3-6(10)7(4)8/h2-3H,1H3. The van der Waals surface area contributed by atoms with Gasteiger partial charge < -0.3 is 0 Å². The molecule has 0 spiro atoms. The SMILES string of the molecule is Cc1c(Cl)ccc(Cl)c1Br. The third-order valence-corrected chi connectivity index (χ3v) is 3.25. The molecule has 1 aromatic rings. The van der Waals surface area contributed by atoms with E-state index < -0.39 is 0 Å². The van der Waals surface area contributed by atoms with Crippen molar-refractivity contribution in [2.45, 2.75) is 6.92 Å². The molecular formula is C7H5BrCl2. The molecule has 0 aliphatic carbocycles. The van der Waals surface area contributed by atoms with Crippen molar-refractivity contribution < 1.29 is 0 Å². The van der Waals surface area contributed by atoms with E-state index >= 15 is 0 Å². The van der Waals surface area contributed by atoms with Gasteiger partial charge in [-0.3, -0.25) is 0 Å². The lowest BCUT2D eigenvalue weighted by atomic mass is 10.2. The van der Waals surface area contributed by atoms with Crippen molar-refractivity contribution in [1.29, 1.82) is 0 Å². The third-order valence-electron chi connectivity index (χ3n) is 1.27. The molecule has 54 valence electrons. The predicted molar refractivity (Wildman–Crippen MR) is 48.9 cm³/mol. The first kappa shape index (κ1) is 8.38. The van der Waals surface area contributed by atoms with Gasteiger partial charge in [-0.25, -0.2) is 0 Å². The summed E-state index contributed by atoms with van der Waals surface area (Å²) < 4.78 is 0.877. The zero-order chi connectivity index (χ0) is 7.72. The minimum atomic E-state index is 0.696. The van der Waals surface area contributed by atoms with Crippen molar-refractivity contribution in [2.24, 2.45) is 0 Å². The second-order valence-corrected chi connectivity index (χ2v) is 3.58. The normalized spacial score (nSPS) is 10.0. The number of rotatable bonds is 0. The van der Waals surface area contributed by atoms with E-state index in [1.165, 1.54) is 0 Å². The maximum Gasteiger partial charge on any atom is 0.0551 e. The summed E-state index contributed by atoms with van der Waals surface area (Å²) in [5.74, 6) is 0. The minimum absolute atomic E-state index is 0.696. The van der Waals surface area contributed by atoms with Gasteiger partial charge in [0.2, 0.25) is 0 Å². The van der Waals surface area contributed by atoms with Gasteiger partial charge in [-0.1, -0.05) is 23.2 Å². The van der Waals surface area contributed by atoms with E-state index in [-0.39, 0.29) is 0 Å². The zero-order valence-electron chi connectivity index (χ0n) is 5.29. The molecule has 0 radical (unpaired) electrons. The first-order valence-corrected chi connectivity index (χ1v) is 4.28. The Hall–Kier alpha value is 0.280. The summed E-state index contributed by atoms with van der Waals surface area (Å²) in [6.07, 6.45) is 0. The van der Waals surface area contributed by atoms with Crippen LogP contribution in [-0.2, 0) is 0 Å². The van der Waals surface area contributed by atoms with Crippen molar-refractivity contribution in [2.75, 3.05) is 0 Å². The van der Waals surface area contributed by atoms with Crippen LogP contribution in [0.5, 0.6) is 0 Å². The Bertz CT molecular complexity index is 231. The third kappa shape index (κ3) is 1.47. The molecule has 0 N–H and O–H groups in total. The lowest BCUT2D eigenvalue weighted by Crippen LogP contribution is -1.77. The summed E-state index contributed by atoms with van der Waals surface area (Å²) in [6, 6.07) is 3.55. The Kier molecular flexibility index (Phi) is 2.61. The summed E-state index contributed by atoms with van der Waals surface area (Å²) in [5, 5.41) is 1.43. The van der Waals surface area contributed by atoms with Crippen LogP contribution in [0, 0.1) is 6.92 Å². The molecule has 1 rings (SSSR count). The Morgan fingerprint density at radius 3 is 2.20 bits per heavy atom. The molecular weight excluding hydrogens is 235 g/mol. The van der Waals surface area contributed by atoms with Gasteiger partial charge in [0.25, 0.3) is 0 Å². The molecule has 0 unspecified atom stereocenters. The van der Waals surface area contributed by atoms with Crippen molar-refractivity contribution in [1.82, 2.24) is 0 Å². The van der Waals surface area contributed by atoms with Crippen LogP contribution in [0.1, 0.15) is 5.56 Å². The van der Waals surface area contributed by atoms with Crippen molar-refractivity contribution in [3.8, 4) is 0 Å². The number of hydrogen-bond donors (Lipinski definition) is 0. The molecule has 0 fully saturated rings. The van der Waals surface area contributed by atoms with Gasteiger partial charge in [-0.05, 0) is 40.5 Å². The lowest BCUT2D eigenvalue weighted by molar-refractivity contribution is 1.43. The fourth-order valence-corrected chi connectivity index (χ4v) is 1.45. The van der Waals surface area contributed by atoms with Gasteiger partial charge in [-0.15, -0.1) is 0 Å². The second kappa shape index (κ2) is 3.12. The van der Waals surface area contributed by atoms with Crippen LogP contribution in [0.2, 0.25) is 10.0 Å². The number of hydrogen-bond acceptors (Lipinski definition) is 0. The zero-order valence-corrected chi connectivity index (χ0v) is 8.39. The molecule has 0 aliphatic heterocycles. The molecule has 0 atom stereocenters. The molecule has 0 aromatic heterocycles. The first-order valence-electron chi connectivity index (χ1n) is 2.73. The molecule has 0 amide bonds. The van der Waals surface area contributed by atoms with Crippen molar-refractivity contribution in [3.05, 3.63) is 32.2 Å². The van der Waals surface area contributed by atoms with Crippen LogP contribution in [0.4, 0.5) is 0 Å². The van der Waals surface area contributed by atoms with Gasteiger partial charge in [0.1, 0.15) is 0 Å². The average molecular weight is 240 g/mol. The highest BCUT2D eigenvalue weighted by Crippen LogP contribution is 2.30. The van der Waals surface area contributed by atoms with Crippen LogP contribution in [0.3, 0.4) is 0 Å². The monoisotopic (exact) mass is 238 g/mol. The van der Waals surface area contributed by atoms with Gasteiger partial charge in [0.15, 0.2) is 0 Å². The quantitative estimate of drug-likeness (QED) is 0.599. The number of benzene rings is 1. The average Bonchev–Trinajstić information content (AvgIpc) is 1.93. The smallest absolute Gasteiger partial charge is 0.0551 e. The Balaban J connectivity index is 3.34. The van der Waals surface area contributed by atoms with Crippen molar-refractivity contribution in [3.63, 3.8) is 0 Å². The maximum absolute atomic E-state index is 5.80. The molecule has 0 saturated carbocycles. The molecule has 1 aromatic carbocycles. The van der Waals surface area contributed by atoms with Gasteiger partial charge in [-0.2, -0.15) is 0 Å². The van der Waals surface area contributed by atoms with E-state index in [4.69, 9.17) is 23.2 Å². The van der Waals surface area contributed by atoms with E-state index in [0.29, 0.717) is 5.02 Å². The number of halogens is 3. The molecule has 0 nitrogen and oxygen atoms in total. The van der Waals surface area contributed by atoms with Gasteiger partial charge in [0, 0.05) is 9.50 Å². The Morgan fingerprint density at radius 2 is 1.70 bits per heavy atom. The van der Waals surface area contributed by atoms with Crippen LogP contribution < -0.4 is 0 Å². The van der Waals surface area contributed by atoms with Gasteiger partial charge in [0.05, 0.1) is 5.02 Å². The van der Waals surface area contributed by atoms with Crippen LogP contribution >= 0.6 is 39.1 Å². The van der Waals surface area contributed by atoms with E-state index in [1.54, 1.807) is 12.1 Å². The highest BCUT2D eigenvalue weighted by atomic mass is 79.9. The Labute approximate surface area is 78.3 Å². The lowest BCUT2D eigenvalue weighted by Gasteiger charge is -2.01. The summed E-state index contributed by atoms with van der Waals surface area (Å²) >= 11 is 14.9. The summed E-state index contributed by atoms with van der Waals surface area (Å²) in [4.78, 5) is 0. The second-order valence-electron chi connectivity index (χ2n) is 1.97. The molecule has 3 heteroatoms. The van der Waals surface area contributed by atoms with Gasteiger partial charge >= 0.3 is 0 Å². The summed E-state index contributed by atoms with van der Waals surface area (Å²) in [7, 11) is 0. The predicted octanol–water partition coefficient (Wildman–Crippen LogP) is 4.06.